The summed E-state index contributed by atoms with van der Waals surface area (Å²) in [5.41, 5.74) is 7.93. The van der Waals surface area contributed by atoms with Gasteiger partial charge in [0.25, 0.3) is 0 Å². The lowest BCUT2D eigenvalue weighted by Crippen LogP contribution is -2.38. The molecule has 0 radical (unpaired) electrons. The fraction of sp³-hybridized carbons (Fsp3) is 0.550. The van der Waals surface area contributed by atoms with E-state index < -0.39 is 0 Å². The highest BCUT2D eigenvalue weighted by Crippen LogP contribution is 2.15. The van der Waals surface area contributed by atoms with E-state index in [0.29, 0.717) is 31.7 Å². The number of nitrogens with two attached hydrogens (primary N) is 1. The summed E-state index contributed by atoms with van der Waals surface area (Å²) in [7, 11) is 2.16. The third-order valence-electron chi connectivity index (χ3n) is 4.43. The number of rotatable bonds is 9. The minimum atomic E-state index is 0.428. The van der Waals surface area contributed by atoms with Crippen molar-refractivity contribution >= 4 is 5.96 Å². The molecule has 26 heavy (non-hydrogen) atoms. The van der Waals surface area contributed by atoms with E-state index in [-0.39, 0.29) is 0 Å². The van der Waals surface area contributed by atoms with Gasteiger partial charge in [0.05, 0.1) is 6.54 Å². The molecule has 1 aromatic carbocycles. The Morgan fingerprint density at radius 3 is 2.92 bits per heavy atom. The molecule has 0 aliphatic carbocycles. The number of nitrogens with one attached hydrogen (secondary N) is 1. The smallest absolute Gasteiger partial charge is 0.189 e. The fourth-order valence-corrected chi connectivity index (χ4v) is 2.82. The molecule has 0 amide bonds. The molecule has 0 bridgehead atoms. The van der Waals surface area contributed by atoms with Gasteiger partial charge < -0.3 is 20.5 Å². The topological polar surface area (TPSA) is 72.1 Å². The quantitative estimate of drug-likeness (QED) is 0.401. The van der Waals surface area contributed by atoms with E-state index in [0.717, 1.165) is 49.5 Å². The first-order valence-electron chi connectivity index (χ1n) is 9.22. The number of hydrogen-bond acceptors (Lipinski definition) is 4. The van der Waals surface area contributed by atoms with E-state index in [9.17, 15) is 0 Å². The molecule has 0 spiro atoms. The molecular formula is C20H32N4O2. The number of benzene rings is 1. The number of ether oxygens (including phenoxy) is 2. The van der Waals surface area contributed by atoms with Crippen molar-refractivity contribution in [3.8, 4) is 5.75 Å². The van der Waals surface area contributed by atoms with Crippen LogP contribution in [0.1, 0.15) is 25.3 Å². The molecule has 3 N–H and O–H groups in total. The lowest BCUT2D eigenvalue weighted by Gasteiger charge is -2.31. The molecule has 1 fully saturated rings. The van der Waals surface area contributed by atoms with Gasteiger partial charge in [-0.25, -0.2) is 4.99 Å². The summed E-state index contributed by atoms with van der Waals surface area (Å²) in [5, 5.41) is 3.03. The fourth-order valence-electron chi connectivity index (χ4n) is 2.82. The van der Waals surface area contributed by atoms with Crippen molar-refractivity contribution in [3.05, 3.63) is 42.0 Å². The zero-order valence-corrected chi connectivity index (χ0v) is 16.0. The highest BCUT2D eigenvalue weighted by molar-refractivity contribution is 5.78. The van der Waals surface area contributed by atoms with Gasteiger partial charge in [-0.1, -0.05) is 24.3 Å². The SMILES string of the molecule is C=C(C)CNC(N)=NCc1cccc(OCCN(C)C2CCOCC2)c1. The van der Waals surface area contributed by atoms with Gasteiger partial charge in [0.1, 0.15) is 12.4 Å². The van der Waals surface area contributed by atoms with Gasteiger partial charge in [-0.3, -0.25) is 4.90 Å². The van der Waals surface area contributed by atoms with Crippen molar-refractivity contribution in [2.24, 2.45) is 10.7 Å². The summed E-state index contributed by atoms with van der Waals surface area (Å²) < 4.78 is 11.3. The lowest BCUT2D eigenvalue weighted by molar-refractivity contribution is 0.0392. The van der Waals surface area contributed by atoms with Gasteiger partial charge in [0, 0.05) is 32.3 Å². The number of nitrogens with zero attached hydrogens (tertiary/aromatic N) is 2. The van der Waals surface area contributed by atoms with Crippen LogP contribution >= 0.6 is 0 Å². The third kappa shape index (κ3) is 7.45. The van der Waals surface area contributed by atoms with Crippen molar-refractivity contribution in [1.29, 1.82) is 0 Å². The zero-order chi connectivity index (χ0) is 18.8. The van der Waals surface area contributed by atoms with Crippen LogP contribution in [0.5, 0.6) is 5.75 Å². The maximum Gasteiger partial charge on any atom is 0.189 e. The van der Waals surface area contributed by atoms with Gasteiger partial charge in [0.15, 0.2) is 5.96 Å². The molecule has 0 aromatic heterocycles. The molecule has 6 nitrogen and oxygen atoms in total. The molecule has 1 aliphatic rings. The Labute approximate surface area is 157 Å². The Morgan fingerprint density at radius 1 is 1.42 bits per heavy atom. The van der Waals surface area contributed by atoms with Crippen LogP contribution in [-0.4, -0.2) is 56.9 Å². The van der Waals surface area contributed by atoms with E-state index >= 15 is 0 Å². The summed E-state index contributed by atoms with van der Waals surface area (Å²) in [5.74, 6) is 1.30. The molecule has 0 unspecified atom stereocenters. The Hall–Kier alpha value is -2.05. The molecule has 1 aromatic rings. The molecule has 0 saturated carbocycles. The predicted octanol–water partition coefficient (Wildman–Crippen LogP) is 2.16. The van der Waals surface area contributed by atoms with Crippen molar-refractivity contribution in [2.75, 3.05) is 40.0 Å². The molecule has 0 atom stereocenters. The van der Waals surface area contributed by atoms with Gasteiger partial charge in [-0.05, 0) is 44.5 Å². The Bertz CT molecular complexity index is 597. The van der Waals surface area contributed by atoms with E-state index in [1.165, 1.54) is 0 Å². The van der Waals surface area contributed by atoms with E-state index in [1.807, 2.05) is 31.2 Å². The molecular weight excluding hydrogens is 328 g/mol. The lowest BCUT2D eigenvalue weighted by atomic mass is 10.1. The van der Waals surface area contributed by atoms with Crippen molar-refractivity contribution in [2.45, 2.75) is 32.4 Å². The average molecular weight is 361 g/mol. The number of guanidine groups is 1. The molecule has 2 rings (SSSR count). The van der Waals surface area contributed by atoms with Crippen molar-refractivity contribution < 1.29 is 9.47 Å². The monoisotopic (exact) mass is 360 g/mol. The summed E-state index contributed by atoms with van der Waals surface area (Å²) in [6.07, 6.45) is 2.20. The summed E-state index contributed by atoms with van der Waals surface area (Å²) in [4.78, 5) is 6.71. The van der Waals surface area contributed by atoms with Crippen molar-refractivity contribution in [1.82, 2.24) is 10.2 Å². The molecule has 1 saturated heterocycles. The maximum atomic E-state index is 5.91. The highest BCUT2D eigenvalue weighted by atomic mass is 16.5. The number of likely N-dealkylation sites (N-methyl/N-ethyl adjacent to an activating group) is 1. The van der Waals surface area contributed by atoms with Gasteiger partial charge in [0.2, 0.25) is 0 Å². The van der Waals surface area contributed by atoms with E-state index in [1.54, 1.807) is 0 Å². The van der Waals surface area contributed by atoms with Crippen LogP contribution in [0.4, 0.5) is 0 Å². The molecule has 1 aliphatic heterocycles. The molecule has 144 valence electrons. The van der Waals surface area contributed by atoms with Crippen LogP contribution in [0.25, 0.3) is 0 Å². The maximum absolute atomic E-state index is 5.91. The predicted molar refractivity (Wildman–Crippen MR) is 107 cm³/mol. The average Bonchev–Trinajstić information content (AvgIpc) is 2.65. The standard InChI is InChI=1S/C20H32N4O2/c1-16(2)14-22-20(21)23-15-17-5-4-6-19(13-17)26-12-9-24(3)18-7-10-25-11-8-18/h4-6,13,18H,1,7-12,14-15H2,2-3H3,(H3,21,22,23). The third-order valence-corrected chi connectivity index (χ3v) is 4.43. The highest BCUT2D eigenvalue weighted by Gasteiger charge is 2.17. The van der Waals surface area contributed by atoms with Crippen LogP contribution in [0.3, 0.4) is 0 Å². The van der Waals surface area contributed by atoms with Gasteiger partial charge in [-0.15, -0.1) is 0 Å². The van der Waals surface area contributed by atoms with Gasteiger partial charge >= 0.3 is 0 Å². The minimum Gasteiger partial charge on any atom is -0.492 e. The normalized spacial score (nSPS) is 15.9. The van der Waals surface area contributed by atoms with E-state index in [2.05, 4.69) is 28.8 Å². The largest absolute Gasteiger partial charge is 0.492 e. The Balaban J connectivity index is 1.75. The summed E-state index contributed by atoms with van der Waals surface area (Å²) in [6.45, 7) is 10.2. The van der Waals surface area contributed by atoms with Gasteiger partial charge in [-0.2, -0.15) is 0 Å². The molecule has 6 heteroatoms. The number of aliphatic imine (C=N–C) groups is 1. The van der Waals surface area contributed by atoms with Crippen LogP contribution in [0, 0.1) is 0 Å². The first kappa shape index (κ1) is 20.3. The first-order valence-corrected chi connectivity index (χ1v) is 9.22. The van der Waals surface area contributed by atoms with Crippen LogP contribution in [0.2, 0.25) is 0 Å². The second-order valence-corrected chi connectivity index (χ2v) is 6.83. The summed E-state index contributed by atoms with van der Waals surface area (Å²) in [6, 6.07) is 8.60. The second-order valence-electron chi connectivity index (χ2n) is 6.83. The Morgan fingerprint density at radius 2 is 2.19 bits per heavy atom. The summed E-state index contributed by atoms with van der Waals surface area (Å²) >= 11 is 0. The number of hydrogen-bond donors (Lipinski definition) is 2. The first-order chi connectivity index (χ1) is 12.5. The molecule has 1 heterocycles. The Kier molecular flexibility index (Phi) is 8.44. The van der Waals surface area contributed by atoms with Crippen LogP contribution in [-0.2, 0) is 11.3 Å². The van der Waals surface area contributed by atoms with Crippen molar-refractivity contribution in [3.63, 3.8) is 0 Å². The van der Waals surface area contributed by atoms with Crippen LogP contribution < -0.4 is 15.8 Å². The van der Waals surface area contributed by atoms with Crippen LogP contribution in [0.15, 0.2) is 41.4 Å². The minimum absolute atomic E-state index is 0.428. The van der Waals surface area contributed by atoms with E-state index in [4.69, 9.17) is 15.2 Å². The second kappa shape index (κ2) is 10.8. The zero-order valence-electron chi connectivity index (χ0n) is 16.0.